The minimum atomic E-state index is -0.00214. The van der Waals surface area contributed by atoms with Crippen molar-refractivity contribution in [2.24, 2.45) is 5.73 Å². The molecule has 0 amide bonds. The molecule has 0 saturated carbocycles. The maximum atomic E-state index is 5.90. The molecule has 3 nitrogen and oxygen atoms in total. The van der Waals surface area contributed by atoms with E-state index < -0.39 is 0 Å². The third-order valence-electron chi connectivity index (χ3n) is 3.27. The largest absolute Gasteiger partial charge is 0.455 e. The summed E-state index contributed by atoms with van der Waals surface area (Å²) in [6, 6.07) is 15.8. The first kappa shape index (κ1) is 14.0. The van der Waals surface area contributed by atoms with Crippen molar-refractivity contribution < 1.29 is 4.74 Å². The number of nitrogens with two attached hydrogens (primary N) is 1. The average molecular weight is 343 g/mol. The van der Waals surface area contributed by atoms with E-state index in [9.17, 15) is 0 Å². The summed E-state index contributed by atoms with van der Waals surface area (Å²) in [6.07, 6.45) is 1.73. The fourth-order valence-electron chi connectivity index (χ4n) is 2.12. The Morgan fingerprint density at radius 2 is 1.95 bits per heavy atom. The topological polar surface area (TPSA) is 48.1 Å². The molecular weight excluding hydrogens is 328 g/mol. The molecular formula is C17H15BrN2O. The Morgan fingerprint density at radius 3 is 2.71 bits per heavy atom. The van der Waals surface area contributed by atoms with E-state index in [0.29, 0.717) is 5.75 Å². The zero-order chi connectivity index (χ0) is 14.8. The summed E-state index contributed by atoms with van der Waals surface area (Å²) >= 11 is 3.52. The summed E-state index contributed by atoms with van der Waals surface area (Å²) in [5.41, 5.74) is 7.89. The van der Waals surface area contributed by atoms with Gasteiger partial charge in [0.1, 0.15) is 11.5 Å². The number of halogens is 1. The maximum absolute atomic E-state index is 5.90. The summed E-state index contributed by atoms with van der Waals surface area (Å²) in [7, 11) is 0. The van der Waals surface area contributed by atoms with E-state index in [1.54, 1.807) is 6.20 Å². The van der Waals surface area contributed by atoms with Crippen LogP contribution in [0.25, 0.3) is 10.9 Å². The average Bonchev–Trinajstić information content (AvgIpc) is 2.49. The van der Waals surface area contributed by atoms with Crippen LogP contribution in [-0.2, 0) is 0 Å². The second kappa shape index (κ2) is 5.84. The smallest absolute Gasteiger partial charge is 0.146 e. The van der Waals surface area contributed by atoms with Gasteiger partial charge in [0.2, 0.25) is 0 Å². The van der Waals surface area contributed by atoms with Gasteiger partial charge in [0, 0.05) is 11.4 Å². The van der Waals surface area contributed by atoms with Crippen LogP contribution in [-0.4, -0.2) is 4.98 Å². The van der Waals surface area contributed by atoms with Crippen LogP contribution in [0.3, 0.4) is 0 Å². The van der Waals surface area contributed by atoms with Crippen molar-refractivity contribution >= 4 is 26.8 Å². The van der Waals surface area contributed by atoms with E-state index in [-0.39, 0.29) is 6.04 Å². The number of aromatic nitrogens is 1. The molecule has 3 rings (SSSR count). The van der Waals surface area contributed by atoms with Crippen molar-refractivity contribution in [3.63, 3.8) is 0 Å². The zero-order valence-corrected chi connectivity index (χ0v) is 13.2. The first-order chi connectivity index (χ1) is 10.1. The number of rotatable bonds is 3. The quantitative estimate of drug-likeness (QED) is 0.742. The number of ether oxygens (including phenoxy) is 1. The molecule has 106 valence electrons. The molecule has 0 spiro atoms. The van der Waals surface area contributed by atoms with E-state index >= 15 is 0 Å². The van der Waals surface area contributed by atoms with Crippen LogP contribution < -0.4 is 10.5 Å². The highest BCUT2D eigenvalue weighted by atomic mass is 79.9. The molecule has 0 fully saturated rings. The maximum Gasteiger partial charge on any atom is 0.146 e. The van der Waals surface area contributed by atoms with Crippen LogP contribution in [0.1, 0.15) is 18.5 Å². The van der Waals surface area contributed by atoms with Gasteiger partial charge < -0.3 is 10.5 Å². The first-order valence-corrected chi connectivity index (χ1v) is 7.50. The fraction of sp³-hybridized carbons (Fsp3) is 0.118. The van der Waals surface area contributed by atoms with E-state index in [4.69, 9.17) is 10.5 Å². The predicted octanol–water partition coefficient (Wildman–Crippen LogP) is 4.81. The molecule has 0 aliphatic rings. The highest BCUT2D eigenvalue weighted by Gasteiger charge is 2.07. The number of para-hydroxylation sites is 1. The van der Waals surface area contributed by atoms with E-state index in [2.05, 4.69) is 20.9 Å². The Labute approximate surface area is 131 Å². The van der Waals surface area contributed by atoms with E-state index in [1.807, 2.05) is 55.5 Å². The van der Waals surface area contributed by atoms with Gasteiger partial charge in [0.05, 0.1) is 16.2 Å². The fourth-order valence-corrected chi connectivity index (χ4v) is 2.59. The van der Waals surface area contributed by atoms with Gasteiger partial charge in [-0.25, -0.2) is 0 Å². The normalized spacial score (nSPS) is 12.3. The number of hydrogen-bond donors (Lipinski definition) is 1. The molecule has 4 heteroatoms. The van der Waals surface area contributed by atoms with Gasteiger partial charge in [-0.05, 0) is 52.7 Å². The number of hydrogen-bond acceptors (Lipinski definition) is 3. The molecule has 0 aliphatic heterocycles. The Bertz CT molecular complexity index is 787. The van der Waals surface area contributed by atoms with Gasteiger partial charge in [-0.1, -0.05) is 24.3 Å². The van der Waals surface area contributed by atoms with Crippen molar-refractivity contribution in [1.29, 1.82) is 0 Å². The third kappa shape index (κ3) is 3.06. The van der Waals surface area contributed by atoms with Crippen LogP contribution in [0, 0.1) is 0 Å². The monoisotopic (exact) mass is 342 g/mol. The summed E-state index contributed by atoms with van der Waals surface area (Å²) in [5.74, 6) is 1.46. The summed E-state index contributed by atoms with van der Waals surface area (Å²) in [5, 5.41) is 1.05. The van der Waals surface area contributed by atoms with Crippen molar-refractivity contribution in [2.45, 2.75) is 13.0 Å². The summed E-state index contributed by atoms with van der Waals surface area (Å²) < 4.78 is 6.78. The lowest BCUT2D eigenvalue weighted by molar-refractivity contribution is 0.478. The predicted molar refractivity (Wildman–Crippen MR) is 88.6 cm³/mol. The molecule has 3 aromatic rings. The molecule has 1 unspecified atom stereocenters. The van der Waals surface area contributed by atoms with Crippen LogP contribution >= 0.6 is 15.9 Å². The molecule has 0 bridgehead atoms. The van der Waals surface area contributed by atoms with Gasteiger partial charge in [-0.15, -0.1) is 0 Å². The van der Waals surface area contributed by atoms with Gasteiger partial charge in [0.15, 0.2) is 0 Å². The molecule has 2 N–H and O–H groups in total. The lowest BCUT2D eigenvalue weighted by Gasteiger charge is -2.11. The Morgan fingerprint density at radius 1 is 1.14 bits per heavy atom. The number of benzene rings is 2. The molecule has 21 heavy (non-hydrogen) atoms. The van der Waals surface area contributed by atoms with Crippen LogP contribution in [0.15, 0.2) is 59.2 Å². The third-order valence-corrected chi connectivity index (χ3v) is 3.89. The molecule has 2 aromatic carbocycles. The van der Waals surface area contributed by atoms with Gasteiger partial charge >= 0.3 is 0 Å². The van der Waals surface area contributed by atoms with E-state index in [1.165, 1.54) is 0 Å². The SMILES string of the molecule is CC(N)c1ccc(Oc2cnc3ccccc3c2)c(Br)c1. The Balaban J connectivity index is 1.91. The van der Waals surface area contributed by atoms with Crippen molar-refractivity contribution in [3.05, 3.63) is 64.8 Å². The second-order valence-corrected chi connectivity index (χ2v) is 5.80. The minimum absolute atomic E-state index is 0.00214. The summed E-state index contributed by atoms with van der Waals surface area (Å²) in [4.78, 5) is 4.39. The van der Waals surface area contributed by atoms with Crippen molar-refractivity contribution in [3.8, 4) is 11.5 Å². The number of nitrogens with zero attached hydrogens (tertiary/aromatic N) is 1. The highest BCUT2D eigenvalue weighted by Crippen LogP contribution is 2.32. The van der Waals surface area contributed by atoms with Gasteiger partial charge in [0.25, 0.3) is 0 Å². The second-order valence-electron chi connectivity index (χ2n) is 4.94. The summed E-state index contributed by atoms with van der Waals surface area (Å²) in [6.45, 7) is 1.95. The first-order valence-electron chi connectivity index (χ1n) is 6.71. The lowest BCUT2D eigenvalue weighted by Crippen LogP contribution is -2.04. The van der Waals surface area contributed by atoms with Crippen LogP contribution in [0.4, 0.5) is 0 Å². The molecule has 1 heterocycles. The Kier molecular flexibility index (Phi) is 3.90. The van der Waals surface area contributed by atoms with Crippen molar-refractivity contribution in [1.82, 2.24) is 4.98 Å². The molecule has 0 radical (unpaired) electrons. The number of pyridine rings is 1. The lowest BCUT2D eigenvalue weighted by atomic mass is 10.1. The Hall–Kier alpha value is -1.91. The van der Waals surface area contributed by atoms with E-state index in [0.717, 1.165) is 26.7 Å². The highest BCUT2D eigenvalue weighted by molar-refractivity contribution is 9.10. The molecule has 0 aliphatic carbocycles. The number of fused-ring (bicyclic) bond motifs is 1. The minimum Gasteiger partial charge on any atom is -0.455 e. The van der Waals surface area contributed by atoms with Crippen molar-refractivity contribution in [2.75, 3.05) is 0 Å². The molecule has 1 aromatic heterocycles. The zero-order valence-electron chi connectivity index (χ0n) is 11.6. The molecule has 1 atom stereocenters. The standard InChI is InChI=1S/C17H15BrN2O/c1-11(19)12-6-7-17(15(18)9-12)21-14-8-13-4-2-3-5-16(13)20-10-14/h2-11H,19H2,1H3. The van der Waals surface area contributed by atoms with Gasteiger partial charge in [-0.3, -0.25) is 4.98 Å². The molecule has 0 saturated heterocycles. The van der Waals surface area contributed by atoms with Crippen LogP contribution in [0.2, 0.25) is 0 Å². The van der Waals surface area contributed by atoms with Crippen LogP contribution in [0.5, 0.6) is 11.5 Å². The van der Waals surface area contributed by atoms with Gasteiger partial charge in [-0.2, -0.15) is 0 Å².